The number of nitrogens with zero attached hydrogens (tertiary/aromatic N) is 3. The summed E-state index contributed by atoms with van der Waals surface area (Å²) in [6, 6.07) is 12.8. The molecular weight excluding hydrogens is 386 g/mol. The first-order chi connectivity index (χ1) is 14.5. The van der Waals surface area contributed by atoms with Crippen molar-refractivity contribution >= 4 is 5.97 Å². The number of carbonyl (C=O) groups excluding carboxylic acids is 1. The number of esters is 1. The Morgan fingerprint density at radius 1 is 1.07 bits per heavy atom. The lowest BCUT2D eigenvalue weighted by atomic mass is 10.1. The van der Waals surface area contributed by atoms with Crippen LogP contribution >= 0.6 is 0 Å². The van der Waals surface area contributed by atoms with E-state index in [1.807, 2.05) is 31.2 Å². The maximum atomic E-state index is 13.2. The van der Waals surface area contributed by atoms with Gasteiger partial charge >= 0.3 is 5.97 Å². The summed E-state index contributed by atoms with van der Waals surface area (Å²) in [7, 11) is 1.29. The molecule has 0 amide bonds. The SMILES string of the molecule is COC(=O)c1cn(-c2ccc3c(c2)OCO3)cc2c(=O)n(-c3cccc(C)c3)nc1-2. The van der Waals surface area contributed by atoms with Gasteiger partial charge in [0.1, 0.15) is 11.3 Å². The monoisotopic (exact) mass is 403 g/mol. The van der Waals surface area contributed by atoms with E-state index in [1.54, 1.807) is 35.2 Å². The highest BCUT2D eigenvalue weighted by Crippen LogP contribution is 2.34. The number of methoxy groups -OCH3 is 1. The van der Waals surface area contributed by atoms with E-state index < -0.39 is 5.97 Å². The number of rotatable bonds is 3. The van der Waals surface area contributed by atoms with Gasteiger partial charge in [-0.25, -0.2) is 4.79 Å². The maximum Gasteiger partial charge on any atom is 0.341 e. The Labute approximate surface area is 171 Å². The number of fused-ring (bicyclic) bond motifs is 2. The van der Waals surface area contributed by atoms with E-state index in [1.165, 1.54) is 11.8 Å². The molecule has 0 atom stereocenters. The van der Waals surface area contributed by atoms with Crippen LogP contribution in [0.2, 0.25) is 0 Å². The van der Waals surface area contributed by atoms with Crippen molar-refractivity contribution in [3.63, 3.8) is 0 Å². The number of hydrogen-bond donors (Lipinski definition) is 0. The van der Waals surface area contributed by atoms with E-state index >= 15 is 0 Å². The van der Waals surface area contributed by atoms with Crippen LogP contribution in [0, 0.1) is 6.92 Å². The number of carbonyl (C=O) groups is 1. The van der Waals surface area contributed by atoms with E-state index in [9.17, 15) is 9.59 Å². The molecule has 0 fully saturated rings. The molecule has 2 aromatic rings. The summed E-state index contributed by atoms with van der Waals surface area (Å²) in [5.74, 6) is 0.659. The minimum atomic E-state index is -0.580. The molecule has 8 heteroatoms. The second-order valence-corrected chi connectivity index (χ2v) is 6.93. The van der Waals surface area contributed by atoms with E-state index in [2.05, 4.69) is 5.10 Å². The Morgan fingerprint density at radius 2 is 1.90 bits per heavy atom. The minimum absolute atomic E-state index is 0.157. The zero-order valence-electron chi connectivity index (χ0n) is 16.3. The Morgan fingerprint density at radius 3 is 2.70 bits per heavy atom. The molecule has 0 unspecified atom stereocenters. The molecule has 0 N–H and O–H groups in total. The van der Waals surface area contributed by atoms with Crippen LogP contribution in [0.25, 0.3) is 22.6 Å². The van der Waals surface area contributed by atoms with Crippen LogP contribution < -0.4 is 15.0 Å². The van der Waals surface area contributed by atoms with Gasteiger partial charge in [-0.15, -0.1) is 0 Å². The summed E-state index contributed by atoms with van der Waals surface area (Å²) in [6.45, 7) is 2.09. The van der Waals surface area contributed by atoms with Crippen LogP contribution in [0.3, 0.4) is 0 Å². The number of aryl methyl sites for hydroxylation is 1. The third-order valence-electron chi connectivity index (χ3n) is 4.98. The van der Waals surface area contributed by atoms with E-state index in [-0.39, 0.29) is 23.6 Å². The molecule has 0 bridgehead atoms. The summed E-state index contributed by atoms with van der Waals surface area (Å²) < 4.78 is 18.7. The number of ether oxygens (including phenoxy) is 3. The lowest BCUT2D eigenvalue weighted by molar-refractivity contribution is 0.0600. The molecule has 0 spiro atoms. The molecule has 0 aromatic heterocycles. The van der Waals surface area contributed by atoms with Gasteiger partial charge in [0.05, 0.1) is 18.4 Å². The number of hydrogen-bond acceptors (Lipinski definition) is 6. The third kappa shape index (κ3) is 2.81. The Hall–Kier alpha value is -4.07. The third-order valence-corrected chi connectivity index (χ3v) is 4.98. The molecule has 2 aromatic carbocycles. The second kappa shape index (κ2) is 6.77. The fraction of sp³-hybridized carbons (Fsp3) is 0.136. The van der Waals surface area contributed by atoms with Gasteiger partial charge in [0, 0.05) is 24.1 Å². The van der Waals surface area contributed by atoms with Crippen molar-refractivity contribution < 1.29 is 19.0 Å². The van der Waals surface area contributed by atoms with E-state index in [0.29, 0.717) is 28.4 Å². The molecule has 5 rings (SSSR count). The van der Waals surface area contributed by atoms with E-state index in [4.69, 9.17) is 14.2 Å². The molecule has 3 aliphatic heterocycles. The summed E-state index contributed by atoms with van der Waals surface area (Å²) in [6.07, 6.45) is 3.25. The summed E-state index contributed by atoms with van der Waals surface area (Å²) in [5, 5.41) is 4.43. The highest BCUT2D eigenvalue weighted by Gasteiger charge is 2.25. The molecule has 0 aliphatic carbocycles. The normalized spacial score (nSPS) is 12.3. The van der Waals surface area contributed by atoms with Crippen LogP contribution in [0.1, 0.15) is 15.9 Å². The van der Waals surface area contributed by atoms with Gasteiger partial charge in [-0.3, -0.25) is 4.79 Å². The van der Waals surface area contributed by atoms with Crippen molar-refractivity contribution in [1.82, 2.24) is 14.3 Å². The summed E-state index contributed by atoms with van der Waals surface area (Å²) >= 11 is 0. The van der Waals surface area contributed by atoms with Crippen molar-refractivity contribution in [3.8, 4) is 34.1 Å². The van der Waals surface area contributed by atoms with Gasteiger partial charge in [0.25, 0.3) is 5.56 Å². The molecule has 0 radical (unpaired) electrons. The van der Waals surface area contributed by atoms with Crippen LogP contribution in [0.15, 0.2) is 59.7 Å². The molecule has 0 saturated carbocycles. The molecule has 150 valence electrons. The smallest absolute Gasteiger partial charge is 0.341 e. The average molecular weight is 403 g/mol. The maximum absolute atomic E-state index is 13.2. The first kappa shape index (κ1) is 18.0. The first-order valence-electron chi connectivity index (χ1n) is 9.25. The average Bonchev–Trinajstić information content (AvgIpc) is 3.36. The van der Waals surface area contributed by atoms with Crippen molar-refractivity contribution in [3.05, 3.63) is 76.3 Å². The first-order valence-corrected chi connectivity index (χ1v) is 9.25. The topological polar surface area (TPSA) is 84.6 Å². The van der Waals surface area contributed by atoms with Crippen molar-refractivity contribution in [2.45, 2.75) is 6.92 Å². The van der Waals surface area contributed by atoms with Crippen LogP contribution in [-0.4, -0.2) is 34.2 Å². The quantitative estimate of drug-likeness (QED) is 0.489. The van der Waals surface area contributed by atoms with E-state index in [0.717, 1.165) is 5.56 Å². The largest absolute Gasteiger partial charge is 0.465 e. The second-order valence-electron chi connectivity index (χ2n) is 6.93. The van der Waals surface area contributed by atoms with Gasteiger partial charge < -0.3 is 18.8 Å². The predicted octanol–water partition coefficient (Wildman–Crippen LogP) is 2.95. The Balaban J connectivity index is 1.74. The summed E-state index contributed by atoms with van der Waals surface area (Å²) in [5.41, 5.74) is 2.78. The zero-order chi connectivity index (χ0) is 20.8. The van der Waals surface area contributed by atoms with Crippen molar-refractivity contribution in [2.75, 3.05) is 13.9 Å². The lowest BCUT2D eigenvalue weighted by Crippen LogP contribution is -2.15. The lowest BCUT2D eigenvalue weighted by Gasteiger charge is -2.12. The van der Waals surface area contributed by atoms with Gasteiger partial charge in [-0.2, -0.15) is 9.78 Å². The fourth-order valence-electron chi connectivity index (χ4n) is 3.50. The van der Waals surface area contributed by atoms with Gasteiger partial charge in [-0.05, 0) is 36.8 Å². The number of aromatic nitrogens is 3. The zero-order valence-corrected chi connectivity index (χ0v) is 16.3. The van der Waals surface area contributed by atoms with Gasteiger partial charge in [-0.1, -0.05) is 12.1 Å². The Bertz CT molecular complexity index is 1320. The molecule has 3 heterocycles. The molecule has 30 heavy (non-hydrogen) atoms. The van der Waals surface area contributed by atoms with Crippen LogP contribution in [0.5, 0.6) is 11.5 Å². The van der Waals surface area contributed by atoms with Gasteiger partial charge in [0.15, 0.2) is 11.5 Å². The predicted molar refractivity (Wildman–Crippen MR) is 108 cm³/mol. The van der Waals surface area contributed by atoms with Crippen LogP contribution in [0.4, 0.5) is 0 Å². The molecule has 3 aliphatic rings. The summed E-state index contributed by atoms with van der Waals surface area (Å²) in [4.78, 5) is 25.6. The fourth-order valence-corrected chi connectivity index (χ4v) is 3.50. The highest BCUT2D eigenvalue weighted by atomic mass is 16.7. The molecule has 8 nitrogen and oxygen atoms in total. The molecule has 0 saturated heterocycles. The van der Waals surface area contributed by atoms with Gasteiger partial charge in [0.2, 0.25) is 6.79 Å². The standard InChI is InChI=1S/C22H17N3O5/c1-13-4-3-5-15(8-13)25-21(26)16-10-24(11-17(20(16)23-25)22(27)28-2)14-6-7-18-19(9-14)30-12-29-18/h3-11H,12H2,1-2H3. The minimum Gasteiger partial charge on any atom is -0.465 e. The Kier molecular flexibility index (Phi) is 4.06. The molecular formula is C22H17N3O5. The van der Waals surface area contributed by atoms with Crippen molar-refractivity contribution in [2.24, 2.45) is 0 Å². The van der Waals surface area contributed by atoms with Crippen LogP contribution in [-0.2, 0) is 4.74 Å². The van der Waals surface area contributed by atoms with Crippen molar-refractivity contribution in [1.29, 1.82) is 0 Å². The highest BCUT2D eigenvalue weighted by molar-refractivity contribution is 5.96. The number of pyridine rings is 1. The number of benzene rings is 2.